The minimum atomic E-state index is -0.550. The van der Waals surface area contributed by atoms with Gasteiger partial charge in [-0.05, 0) is 115 Å². The summed E-state index contributed by atoms with van der Waals surface area (Å²) in [5.74, 6) is -0.137. The Morgan fingerprint density at radius 3 is 1.59 bits per heavy atom. The van der Waals surface area contributed by atoms with Crippen molar-refractivity contribution in [2.75, 3.05) is 51.1 Å². The van der Waals surface area contributed by atoms with Gasteiger partial charge in [0.25, 0.3) is 0 Å². The largest absolute Gasteiger partial charge is 0.383 e. The minimum absolute atomic E-state index is 0.0711. The molecule has 0 aromatic heterocycles. The van der Waals surface area contributed by atoms with Gasteiger partial charge in [0.1, 0.15) is 0 Å². The van der Waals surface area contributed by atoms with Gasteiger partial charge in [-0.2, -0.15) is 0 Å². The maximum absolute atomic E-state index is 12.4. The maximum Gasteiger partial charge on any atom is 0.236 e. The number of nitrogens with one attached hydrogen (secondary N) is 3. The van der Waals surface area contributed by atoms with Crippen molar-refractivity contribution in [1.29, 1.82) is 0 Å². The monoisotopic (exact) mass is 647 g/mol. The third kappa shape index (κ3) is 21.2. The number of guanidine groups is 2. The molecule has 2 amide bonds. The van der Waals surface area contributed by atoms with E-state index >= 15 is 0 Å². The van der Waals surface area contributed by atoms with E-state index in [2.05, 4.69) is 68.9 Å². The Bertz CT molecular complexity index is 972. The summed E-state index contributed by atoms with van der Waals surface area (Å²) >= 11 is 0. The fraction of sp³-hybridized carbons (Fsp3) is 0.688. The maximum atomic E-state index is 12.4. The highest BCUT2D eigenvalue weighted by Gasteiger charge is 2.14. The highest BCUT2D eigenvalue weighted by Crippen LogP contribution is 2.12. The van der Waals surface area contributed by atoms with Gasteiger partial charge in [-0.25, -0.2) is 0 Å². The van der Waals surface area contributed by atoms with Crippen LogP contribution in [0, 0.1) is 0 Å². The zero-order chi connectivity index (χ0) is 34.2. The molecule has 0 saturated carbocycles. The number of aliphatic imine (C=N–C) groups is 2. The van der Waals surface area contributed by atoms with Crippen molar-refractivity contribution in [3.63, 3.8) is 0 Å². The predicted molar refractivity (Wildman–Crippen MR) is 190 cm³/mol. The molecule has 0 bridgehead atoms. The number of unbranched alkanes of at least 4 members (excludes halogenated alkanes) is 2. The fourth-order valence-corrected chi connectivity index (χ4v) is 4.86. The van der Waals surface area contributed by atoms with Crippen LogP contribution in [0.2, 0.25) is 0 Å². The van der Waals surface area contributed by atoms with Crippen molar-refractivity contribution in [3.05, 3.63) is 29.8 Å². The highest BCUT2D eigenvalue weighted by molar-refractivity contribution is 5.81. The van der Waals surface area contributed by atoms with E-state index in [1.165, 1.54) is 5.56 Å². The molecule has 262 valence electrons. The van der Waals surface area contributed by atoms with Crippen LogP contribution in [0.25, 0.3) is 0 Å². The quantitative estimate of drug-likeness (QED) is 0.0378. The van der Waals surface area contributed by atoms with Crippen molar-refractivity contribution in [2.45, 2.75) is 96.2 Å². The lowest BCUT2D eigenvalue weighted by Crippen LogP contribution is -2.42. The number of amides is 2. The molecular weight excluding hydrogens is 584 g/mol. The van der Waals surface area contributed by atoms with E-state index in [9.17, 15) is 9.59 Å². The highest BCUT2D eigenvalue weighted by atomic mass is 16.2. The summed E-state index contributed by atoms with van der Waals surface area (Å²) in [5, 5.41) is 9.36. The van der Waals surface area contributed by atoms with Crippen LogP contribution >= 0.6 is 0 Å². The number of hydrogen-bond acceptors (Lipinski definition) is 8. The van der Waals surface area contributed by atoms with Gasteiger partial charge in [0, 0.05) is 37.9 Å². The van der Waals surface area contributed by atoms with E-state index in [4.69, 9.17) is 34.4 Å². The minimum Gasteiger partial charge on any atom is -0.383 e. The Balaban J connectivity index is 2.48. The molecule has 0 spiro atoms. The van der Waals surface area contributed by atoms with Crippen LogP contribution in [0.15, 0.2) is 34.3 Å². The van der Waals surface area contributed by atoms with Crippen molar-refractivity contribution < 1.29 is 9.59 Å². The lowest BCUT2D eigenvalue weighted by Gasteiger charge is -2.23. The number of aryl methyl sites for hydroxylation is 1. The lowest BCUT2D eigenvalue weighted by molar-refractivity contribution is -0.123. The summed E-state index contributed by atoms with van der Waals surface area (Å²) in [6.45, 7) is 8.99. The topological polar surface area (TPSA) is 254 Å². The summed E-state index contributed by atoms with van der Waals surface area (Å²) in [7, 11) is 0. The second kappa shape index (κ2) is 24.6. The Morgan fingerprint density at radius 1 is 0.696 bits per heavy atom. The van der Waals surface area contributed by atoms with Crippen LogP contribution in [-0.2, 0) is 16.0 Å². The summed E-state index contributed by atoms with van der Waals surface area (Å²) in [5.41, 5.74) is 35.9. The molecule has 46 heavy (non-hydrogen) atoms. The van der Waals surface area contributed by atoms with E-state index in [-0.39, 0.29) is 23.7 Å². The standard InChI is InChI=1S/C32H62N12O2/c1-24(2)43-26-15-13-25(14-16-26)10-7-21-44(22-8-19-39-29(45)27(33)11-3-5-17-41-31(35)36)23-9-20-40-30(46)28(34)12-4-6-18-42-32(37)38/h13-16,24,27-28,43H,3-12,17-23,33-34H2,1-2H3,(H,39,45)(H,40,46)(H4,35,36,41)(H4,37,38,42)/t27-,28-/m0/s1. The third-order valence-electron chi connectivity index (χ3n) is 7.36. The van der Waals surface area contributed by atoms with Crippen LogP contribution in [0.1, 0.15) is 77.2 Å². The van der Waals surface area contributed by atoms with Crippen LogP contribution in [0.3, 0.4) is 0 Å². The first-order valence-corrected chi connectivity index (χ1v) is 16.7. The van der Waals surface area contributed by atoms with Gasteiger partial charge >= 0.3 is 0 Å². The van der Waals surface area contributed by atoms with E-state index in [1.807, 2.05) is 0 Å². The van der Waals surface area contributed by atoms with Crippen LogP contribution in [-0.4, -0.2) is 92.6 Å². The molecule has 0 saturated heterocycles. The van der Waals surface area contributed by atoms with Gasteiger partial charge in [0.05, 0.1) is 12.1 Å². The first-order chi connectivity index (χ1) is 22.0. The molecule has 2 atom stereocenters. The van der Waals surface area contributed by atoms with Crippen molar-refractivity contribution in [2.24, 2.45) is 44.4 Å². The molecule has 14 nitrogen and oxygen atoms in total. The molecule has 0 fully saturated rings. The average molecular weight is 647 g/mol. The Morgan fingerprint density at radius 2 is 1.15 bits per heavy atom. The van der Waals surface area contributed by atoms with Crippen LogP contribution in [0.4, 0.5) is 5.69 Å². The molecule has 0 radical (unpaired) electrons. The Labute approximate surface area is 275 Å². The second-order valence-electron chi connectivity index (χ2n) is 12.0. The molecule has 0 aliphatic rings. The normalized spacial score (nSPS) is 12.4. The van der Waals surface area contributed by atoms with Gasteiger partial charge in [-0.3, -0.25) is 19.6 Å². The number of hydrogen-bond donors (Lipinski definition) is 9. The number of rotatable bonds is 26. The Hall–Kier alpha value is -3.62. The lowest BCUT2D eigenvalue weighted by atomic mass is 10.1. The molecule has 1 aromatic carbocycles. The molecule has 0 aliphatic carbocycles. The molecular formula is C32H62N12O2. The number of anilines is 1. The van der Waals surface area contributed by atoms with E-state index in [0.717, 1.165) is 76.7 Å². The molecule has 1 rings (SSSR count). The first-order valence-electron chi connectivity index (χ1n) is 16.7. The van der Waals surface area contributed by atoms with Crippen molar-refractivity contribution in [3.8, 4) is 0 Å². The van der Waals surface area contributed by atoms with Gasteiger partial charge in [0.15, 0.2) is 11.9 Å². The molecule has 0 aliphatic heterocycles. The van der Waals surface area contributed by atoms with E-state index < -0.39 is 12.1 Å². The summed E-state index contributed by atoms with van der Waals surface area (Å²) in [4.78, 5) is 35.2. The molecule has 0 heterocycles. The second-order valence-corrected chi connectivity index (χ2v) is 12.0. The summed E-state index contributed by atoms with van der Waals surface area (Å²) in [6, 6.07) is 7.90. The van der Waals surface area contributed by atoms with Gasteiger partial charge < -0.3 is 55.3 Å². The third-order valence-corrected chi connectivity index (χ3v) is 7.36. The summed E-state index contributed by atoms with van der Waals surface area (Å²) < 4.78 is 0. The zero-order valence-corrected chi connectivity index (χ0v) is 28.2. The van der Waals surface area contributed by atoms with Gasteiger partial charge in [-0.15, -0.1) is 0 Å². The van der Waals surface area contributed by atoms with Gasteiger partial charge in [0.2, 0.25) is 11.8 Å². The van der Waals surface area contributed by atoms with Crippen LogP contribution in [0.5, 0.6) is 0 Å². The fourth-order valence-electron chi connectivity index (χ4n) is 4.86. The molecule has 0 unspecified atom stereocenters. The SMILES string of the molecule is CC(C)Nc1ccc(CCCN(CCCNC(=O)[C@@H](N)CCCCN=C(N)N)CCCNC(=O)[C@@H](N)CCCCN=C(N)N)cc1. The molecule has 14 heteroatoms. The predicted octanol–water partition coefficient (Wildman–Crippen LogP) is 0.296. The van der Waals surface area contributed by atoms with E-state index in [0.29, 0.717) is 45.1 Å². The molecule has 15 N–H and O–H groups in total. The smallest absolute Gasteiger partial charge is 0.236 e. The summed E-state index contributed by atoms with van der Waals surface area (Å²) in [6.07, 6.45) is 7.85. The molecule has 1 aromatic rings. The number of carbonyl (C=O) groups excluding carboxylic acids is 2. The van der Waals surface area contributed by atoms with E-state index in [1.54, 1.807) is 0 Å². The van der Waals surface area contributed by atoms with Crippen molar-refractivity contribution in [1.82, 2.24) is 15.5 Å². The number of nitrogens with zero attached hydrogens (tertiary/aromatic N) is 3. The Kier molecular flexibility index (Phi) is 21.6. The zero-order valence-electron chi connectivity index (χ0n) is 28.2. The first kappa shape index (κ1) is 40.4. The van der Waals surface area contributed by atoms with Crippen LogP contribution < -0.4 is 50.4 Å². The number of nitrogens with two attached hydrogens (primary N) is 6. The average Bonchev–Trinajstić information content (AvgIpc) is 3.00. The van der Waals surface area contributed by atoms with Gasteiger partial charge in [-0.1, -0.05) is 12.1 Å². The van der Waals surface area contributed by atoms with Crippen molar-refractivity contribution >= 4 is 29.4 Å². The number of benzene rings is 1. The number of carbonyl (C=O) groups is 2.